The van der Waals surface area contributed by atoms with Gasteiger partial charge in [-0.3, -0.25) is 9.13 Å². The zero-order valence-electron chi connectivity index (χ0n) is 23.2. The molecule has 3 aromatic heterocycles. The maximum Gasteiger partial charge on any atom is 0.241 e. The molecule has 43 heavy (non-hydrogen) atoms. The Kier molecular flexibility index (Phi) is 5.13. The first-order chi connectivity index (χ1) is 21.3. The van der Waals surface area contributed by atoms with Crippen molar-refractivity contribution in [3.8, 4) is 28.7 Å². The number of fused-ring (bicyclic) bond motifs is 6. The van der Waals surface area contributed by atoms with Crippen LogP contribution in [-0.2, 0) is 0 Å². The van der Waals surface area contributed by atoms with E-state index in [2.05, 4.69) is 141 Å². The summed E-state index contributed by atoms with van der Waals surface area (Å²) >= 11 is 0. The molecule has 0 fully saturated rings. The molecule has 9 rings (SSSR count). The molecule has 0 aliphatic heterocycles. The molecule has 0 aliphatic carbocycles. The summed E-state index contributed by atoms with van der Waals surface area (Å²) < 4.78 is 6.69. The molecule has 0 unspecified atom stereocenters. The van der Waals surface area contributed by atoms with Gasteiger partial charge in [-0.05, 0) is 65.4 Å². The van der Waals surface area contributed by atoms with Crippen LogP contribution in [0.2, 0.25) is 0 Å². The van der Waals surface area contributed by atoms with Gasteiger partial charge in [-0.1, -0.05) is 91.0 Å². The summed E-state index contributed by atoms with van der Waals surface area (Å²) in [5.41, 5.74) is 6.54. The van der Waals surface area contributed by atoms with E-state index in [4.69, 9.17) is 10.2 Å². The van der Waals surface area contributed by atoms with Gasteiger partial charge >= 0.3 is 0 Å². The topological polar surface area (TPSA) is 40.6 Å². The van der Waals surface area contributed by atoms with Crippen molar-refractivity contribution in [3.05, 3.63) is 152 Å². The van der Waals surface area contributed by atoms with Crippen molar-refractivity contribution in [1.82, 2.24) is 23.9 Å². The second kappa shape index (κ2) is 9.29. The summed E-state index contributed by atoms with van der Waals surface area (Å²) in [6.07, 6.45) is 2.16. The average molecular weight is 552 g/mol. The normalized spacial score (nSPS) is 11.7. The number of nitrogens with zero attached hydrogens (tertiary/aromatic N) is 5. The Morgan fingerprint density at radius 3 is 1.88 bits per heavy atom. The van der Waals surface area contributed by atoms with E-state index in [0.717, 1.165) is 39.7 Å². The number of hydrogen-bond acceptors (Lipinski definition) is 2. The summed E-state index contributed by atoms with van der Waals surface area (Å²) in [4.78, 5) is 0. The number of aromatic nitrogens is 5. The molecule has 0 atom stereocenters. The van der Waals surface area contributed by atoms with E-state index >= 15 is 0 Å². The Labute approximate surface area is 247 Å². The molecule has 0 bridgehead atoms. The maximum atomic E-state index is 4.87. The van der Waals surface area contributed by atoms with E-state index in [0.29, 0.717) is 0 Å². The van der Waals surface area contributed by atoms with Gasteiger partial charge in [0.05, 0.1) is 22.2 Å². The van der Waals surface area contributed by atoms with Crippen LogP contribution in [0.5, 0.6) is 0 Å². The Hall–Kier alpha value is -5.94. The Morgan fingerprint density at radius 1 is 0.419 bits per heavy atom. The van der Waals surface area contributed by atoms with Crippen LogP contribution in [-0.4, -0.2) is 23.9 Å². The highest BCUT2D eigenvalue weighted by atomic mass is 15.4. The fraction of sp³-hybridized carbons (Fsp3) is 0. The highest BCUT2D eigenvalue weighted by molar-refractivity contribution is 6.18. The molecule has 202 valence electrons. The molecule has 0 radical (unpaired) electrons. The summed E-state index contributed by atoms with van der Waals surface area (Å²) in [6.45, 7) is 0. The Bertz CT molecular complexity index is 2430. The van der Waals surface area contributed by atoms with Crippen molar-refractivity contribution >= 4 is 43.5 Å². The minimum atomic E-state index is 0.754. The monoisotopic (exact) mass is 551 g/mol. The van der Waals surface area contributed by atoms with Gasteiger partial charge in [0.25, 0.3) is 0 Å². The third kappa shape index (κ3) is 3.58. The fourth-order valence-corrected chi connectivity index (χ4v) is 6.45. The second-order valence-electron chi connectivity index (χ2n) is 10.8. The maximum absolute atomic E-state index is 4.87. The number of benzene rings is 6. The molecule has 6 aromatic carbocycles. The van der Waals surface area contributed by atoms with Crippen LogP contribution >= 0.6 is 0 Å². The lowest BCUT2D eigenvalue weighted by Gasteiger charge is -2.13. The minimum absolute atomic E-state index is 0.754. The molecule has 0 amide bonds. The molecule has 0 saturated carbocycles. The minimum Gasteiger partial charge on any atom is -0.317 e. The van der Waals surface area contributed by atoms with Crippen molar-refractivity contribution in [2.75, 3.05) is 0 Å². The van der Waals surface area contributed by atoms with Crippen molar-refractivity contribution < 1.29 is 0 Å². The number of rotatable bonds is 4. The zero-order chi connectivity index (χ0) is 28.3. The average Bonchev–Trinajstić information content (AvgIpc) is 3.79. The Morgan fingerprint density at radius 2 is 1.09 bits per heavy atom. The quantitative estimate of drug-likeness (QED) is 0.219. The van der Waals surface area contributed by atoms with Gasteiger partial charge in [0.1, 0.15) is 0 Å². The van der Waals surface area contributed by atoms with Gasteiger partial charge in [-0.15, -0.1) is 10.2 Å². The van der Waals surface area contributed by atoms with Crippen LogP contribution in [0.3, 0.4) is 0 Å². The molecule has 5 heteroatoms. The highest BCUT2D eigenvalue weighted by Gasteiger charge is 2.22. The van der Waals surface area contributed by atoms with E-state index in [1.54, 1.807) is 0 Å². The van der Waals surface area contributed by atoms with Crippen LogP contribution in [0.1, 0.15) is 0 Å². The highest BCUT2D eigenvalue weighted by Crippen LogP contribution is 2.38. The SMILES string of the molecule is c1ccc(-c2nnc(-n3c4ccccc4c4cc5ccc6c(ccn6-c6ccccc6)c5cc43)n2-c2ccccc2)cc1. The Balaban J connectivity index is 1.38. The van der Waals surface area contributed by atoms with E-state index in [-0.39, 0.29) is 0 Å². The van der Waals surface area contributed by atoms with E-state index in [1.807, 2.05) is 24.3 Å². The van der Waals surface area contributed by atoms with Crippen molar-refractivity contribution in [2.24, 2.45) is 0 Å². The van der Waals surface area contributed by atoms with E-state index in [1.165, 1.54) is 32.4 Å². The number of hydrogen-bond donors (Lipinski definition) is 0. The van der Waals surface area contributed by atoms with Gasteiger partial charge in [0, 0.05) is 33.6 Å². The van der Waals surface area contributed by atoms with Crippen LogP contribution in [0.15, 0.2) is 152 Å². The predicted octanol–water partition coefficient (Wildman–Crippen LogP) is 9.13. The van der Waals surface area contributed by atoms with Crippen LogP contribution in [0, 0.1) is 0 Å². The first-order valence-electron chi connectivity index (χ1n) is 14.4. The summed E-state index contributed by atoms with van der Waals surface area (Å²) in [5.74, 6) is 1.56. The van der Waals surface area contributed by atoms with E-state index < -0.39 is 0 Å². The zero-order valence-corrected chi connectivity index (χ0v) is 23.2. The largest absolute Gasteiger partial charge is 0.317 e. The molecular weight excluding hydrogens is 526 g/mol. The first-order valence-corrected chi connectivity index (χ1v) is 14.4. The third-order valence-electron chi connectivity index (χ3n) is 8.41. The van der Waals surface area contributed by atoms with Crippen molar-refractivity contribution in [1.29, 1.82) is 0 Å². The van der Waals surface area contributed by atoms with Gasteiger partial charge in [-0.25, -0.2) is 0 Å². The molecule has 5 nitrogen and oxygen atoms in total. The molecule has 9 aromatic rings. The lowest BCUT2D eigenvalue weighted by atomic mass is 10.0. The molecule has 0 N–H and O–H groups in total. The summed E-state index contributed by atoms with van der Waals surface area (Å²) in [5, 5.41) is 15.6. The molecule has 0 spiro atoms. The number of para-hydroxylation sites is 3. The van der Waals surface area contributed by atoms with Gasteiger partial charge in [0.15, 0.2) is 5.82 Å². The molecular formula is C38H25N5. The second-order valence-corrected chi connectivity index (χ2v) is 10.8. The fourth-order valence-electron chi connectivity index (χ4n) is 6.45. The van der Waals surface area contributed by atoms with Crippen molar-refractivity contribution in [3.63, 3.8) is 0 Å². The predicted molar refractivity (Wildman–Crippen MR) is 175 cm³/mol. The molecule has 3 heterocycles. The first kappa shape index (κ1) is 23.7. The molecule has 0 saturated heterocycles. The third-order valence-corrected chi connectivity index (χ3v) is 8.41. The lowest BCUT2D eigenvalue weighted by Crippen LogP contribution is -2.06. The van der Waals surface area contributed by atoms with Crippen LogP contribution < -0.4 is 0 Å². The van der Waals surface area contributed by atoms with Crippen molar-refractivity contribution in [2.45, 2.75) is 0 Å². The van der Waals surface area contributed by atoms with Gasteiger partial charge in [0.2, 0.25) is 5.95 Å². The van der Waals surface area contributed by atoms with Gasteiger partial charge < -0.3 is 4.57 Å². The van der Waals surface area contributed by atoms with Crippen LogP contribution in [0.25, 0.3) is 72.2 Å². The summed E-state index contributed by atoms with van der Waals surface area (Å²) in [7, 11) is 0. The smallest absolute Gasteiger partial charge is 0.241 e. The molecule has 0 aliphatic rings. The summed E-state index contributed by atoms with van der Waals surface area (Å²) in [6, 6.07) is 51.1. The van der Waals surface area contributed by atoms with Gasteiger partial charge in [-0.2, -0.15) is 0 Å². The van der Waals surface area contributed by atoms with E-state index in [9.17, 15) is 0 Å². The standard InChI is InChI=1S/C38H25N5/c1-4-12-26(13-5-1)37-39-40-38(42(37)29-16-8-3-9-17-29)43-35-19-11-10-18-30(35)33-24-27-20-21-34-31(32(27)25-36(33)43)22-23-41(34)28-14-6-2-7-15-28/h1-25H. The lowest BCUT2D eigenvalue weighted by molar-refractivity contribution is 0.933. The van der Waals surface area contributed by atoms with Crippen LogP contribution in [0.4, 0.5) is 0 Å².